The van der Waals surface area contributed by atoms with Crippen LogP contribution in [0.1, 0.15) is 6.92 Å². The summed E-state index contributed by atoms with van der Waals surface area (Å²) in [5.74, 6) is 0.668. The second-order valence-electron chi connectivity index (χ2n) is 4.82. The van der Waals surface area contributed by atoms with Crippen LogP contribution in [-0.4, -0.2) is 29.5 Å². The van der Waals surface area contributed by atoms with Crippen molar-refractivity contribution in [2.24, 2.45) is 7.05 Å². The summed E-state index contributed by atoms with van der Waals surface area (Å²) in [5, 5.41) is 23.5. The van der Waals surface area contributed by atoms with Gasteiger partial charge in [-0.15, -0.1) is 10.2 Å². The van der Waals surface area contributed by atoms with Gasteiger partial charge in [0.15, 0.2) is 5.82 Å². The zero-order chi connectivity index (χ0) is 15.7. The first kappa shape index (κ1) is 13.9. The third-order valence-corrected chi connectivity index (χ3v) is 3.37. The number of hydrogen-bond donors (Lipinski definition) is 0. The molecule has 0 aliphatic heterocycles. The monoisotopic (exact) mass is 298 g/mol. The molecule has 1 aromatic carbocycles. The highest BCUT2D eigenvalue weighted by Crippen LogP contribution is 2.31. The van der Waals surface area contributed by atoms with Gasteiger partial charge < -0.3 is 4.57 Å². The summed E-state index contributed by atoms with van der Waals surface area (Å²) in [5.41, 5.74) is 2.16. The number of non-ortho nitro benzene ring substituents is 1. The van der Waals surface area contributed by atoms with Crippen LogP contribution in [-0.2, 0) is 13.6 Å². The van der Waals surface area contributed by atoms with Crippen LogP contribution in [0.3, 0.4) is 0 Å². The van der Waals surface area contributed by atoms with E-state index in [1.807, 2.05) is 20.2 Å². The highest BCUT2D eigenvalue weighted by Gasteiger charge is 2.18. The van der Waals surface area contributed by atoms with Gasteiger partial charge in [-0.2, -0.15) is 5.10 Å². The van der Waals surface area contributed by atoms with Crippen molar-refractivity contribution in [2.45, 2.75) is 13.5 Å². The molecule has 2 heterocycles. The molecule has 3 rings (SSSR count). The fourth-order valence-electron chi connectivity index (χ4n) is 2.25. The maximum absolute atomic E-state index is 11.0. The molecule has 0 unspecified atom stereocenters. The Kier molecular flexibility index (Phi) is 3.42. The van der Waals surface area contributed by atoms with Gasteiger partial charge in [-0.1, -0.05) is 12.1 Å². The molecule has 3 aromatic rings. The van der Waals surface area contributed by atoms with Gasteiger partial charge in [0.2, 0.25) is 0 Å². The van der Waals surface area contributed by atoms with Gasteiger partial charge in [-0.3, -0.25) is 14.8 Å². The Morgan fingerprint density at radius 3 is 2.82 bits per heavy atom. The Morgan fingerprint density at radius 1 is 1.36 bits per heavy atom. The molecular formula is C14H14N6O2. The zero-order valence-electron chi connectivity index (χ0n) is 12.2. The molecule has 2 aromatic heterocycles. The third kappa shape index (κ3) is 2.34. The lowest BCUT2D eigenvalue weighted by Gasteiger charge is -2.02. The minimum atomic E-state index is -0.414. The second kappa shape index (κ2) is 5.40. The molecule has 0 N–H and O–H groups in total. The molecule has 0 aliphatic carbocycles. The highest BCUT2D eigenvalue weighted by molar-refractivity contribution is 5.78. The minimum Gasteiger partial charge on any atom is -0.317 e. The van der Waals surface area contributed by atoms with E-state index in [2.05, 4.69) is 15.3 Å². The molecule has 8 heteroatoms. The van der Waals surface area contributed by atoms with E-state index in [4.69, 9.17) is 0 Å². The fourth-order valence-corrected chi connectivity index (χ4v) is 2.25. The number of nitro groups is 1. The molecule has 0 spiro atoms. The van der Waals surface area contributed by atoms with E-state index in [1.54, 1.807) is 27.7 Å². The maximum Gasteiger partial charge on any atom is 0.270 e. The summed E-state index contributed by atoms with van der Waals surface area (Å²) in [6.07, 6.45) is 3.48. The standard InChI is InChI=1S/C14H14N6O2/c1-3-19-8-12(14-16-15-9-18(14)2)13(17-19)10-5-4-6-11(7-10)20(21)22/h4-9H,3H2,1-2H3. The molecule has 8 nitrogen and oxygen atoms in total. The number of rotatable bonds is 4. The Balaban J connectivity index is 2.18. The van der Waals surface area contributed by atoms with Gasteiger partial charge in [0.05, 0.1) is 10.5 Å². The quantitative estimate of drug-likeness (QED) is 0.544. The number of aromatic nitrogens is 5. The lowest BCUT2D eigenvalue weighted by atomic mass is 10.1. The van der Waals surface area contributed by atoms with Crippen molar-refractivity contribution >= 4 is 5.69 Å². The second-order valence-corrected chi connectivity index (χ2v) is 4.82. The van der Waals surface area contributed by atoms with Crippen molar-refractivity contribution in [3.8, 4) is 22.6 Å². The first-order valence-electron chi connectivity index (χ1n) is 6.76. The smallest absolute Gasteiger partial charge is 0.270 e. The fraction of sp³-hybridized carbons (Fsp3) is 0.214. The third-order valence-electron chi connectivity index (χ3n) is 3.37. The van der Waals surface area contributed by atoms with Crippen molar-refractivity contribution in [3.05, 3.63) is 46.9 Å². The summed E-state index contributed by atoms with van der Waals surface area (Å²) in [7, 11) is 1.84. The van der Waals surface area contributed by atoms with E-state index in [-0.39, 0.29) is 5.69 Å². The van der Waals surface area contributed by atoms with E-state index < -0.39 is 4.92 Å². The van der Waals surface area contributed by atoms with Crippen LogP contribution in [0.5, 0.6) is 0 Å². The molecular weight excluding hydrogens is 284 g/mol. The van der Waals surface area contributed by atoms with Gasteiger partial charge in [0.1, 0.15) is 12.0 Å². The molecule has 0 saturated heterocycles. The number of aryl methyl sites for hydroxylation is 2. The number of nitro benzene ring substituents is 1. The number of nitrogens with zero attached hydrogens (tertiary/aromatic N) is 6. The van der Waals surface area contributed by atoms with E-state index in [1.165, 1.54) is 12.1 Å². The van der Waals surface area contributed by atoms with Crippen molar-refractivity contribution in [2.75, 3.05) is 0 Å². The van der Waals surface area contributed by atoms with E-state index in [9.17, 15) is 10.1 Å². The lowest BCUT2D eigenvalue weighted by molar-refractivity contribution is -0.384. The van der Waals surface area contributed by atoms with Crippen LogP contribution >= 0.6 is 0 Å². The molecule has 0 radical (unpaired) electrons. The number of benzene rings is 1. The molecule has 0 saturated carbocycles. The zero-order valence-corrected chi connectivity index (χ0v) is 12.2. The SMILES string of the molecule is CCn1cc(-c2nncn2C)c(-c2cccc([N+](=O)[O-])c2)n1. The van der Waals surface area contributed by atoms with Crippen LogP contribution in [0.4, 0.5) is 5.69 Å². The first-order chi connectivity index (χ1) is 10.6. The normalized spacial score (nSPS) is 10.8. The van der Waals surface area contributed by atoms with Gasteiger partial charge in [0.25, 0.3) is 5.69 Å². The molecule has 0 amide bonds. The van der Waals surface area contributed by atoms with Crippen molar-refractivity contribution < 1.29 is 4.92 Å². The maximum atomic E-state index is 11.0. The van der Waals surface area contributed by atoms with E-state index in [0.717, 1.165) is 5.56 Å². The molecule has 112 valence electrons. The van der Waals surface area contributed by atoms with Crippen LogP contribution in [0.25, 0.3) is 22.6 Å². The molecule has 0 aliphatic rings. The van der Waals surface area contributed by atoms with Gasteiger partial charge >= 0.3 is 0 Å². The first-order valence-corrected chi connectivity index (χ1v) is 6.76. The lowest BCUT2D eigenvalue weighted by Crippen LogP contribution is -1.94. The van der Waals surface area contributed by atoms with Crippen LogP contribution in [0, 0.1) is 10.1 Å². The van der Waals surface area contributed by atoms with Crippen molar-refractivity contribution in [3.63, 3.8) is 0 Å². The Morgan fingerprint density at radius 2 is 2.18 bits per heavy atom. The van der Waals surface area contributed by atoms with Crippen molar-refractivity contribution in [1.82, 2.24) is 24.5 Å². The molecule has 0 atom stereocenters. The summed E-state index contributed by atoms with van der Waals surface area (Å²) < 4.78 is 3.57. The summed E-state index contributed by atoms with van der Waals surface area (Å²) >= 11 is 0. The number of hydrogen-bond acceptors (Lipinski definition) is 5. The topological polar surface area (TPSA) is 91.7 Å². The van der Waals surface area contributed by atoms with E-state index >= 15 is 0 Å². The summed E-state index contributed by atoms with van der Waals surface area (Å²) in [6, 6.07) is 6.43. The average molecular weight is 298 g/mol. The predicted molar refractivity (Wildman–Crippen MR) is 80.0 cm³/mol. The average Bonchev–Trinajstić information content (AvgIpc) is 3.12. The highest BCUT2D eigenvalue weighted by atomic mass is 16.6. The summed E-state index contributed by atoms with van der Waals surface area (Å²) in [6.45, 7) is 2.67. The van der Waals surface area contributed by atoms with E-state index in [0.29, 0.717) is 23.6 Å². The minimum absolute atomic E-state index is 0.0347. The van der Waals surface area contributed by atoms with Crippen LogP contribution in [0.2, 0.25) is 0 Å². The van der Waals surface area contributed by atoms with Gasteiger partial charge in [-0.05, 0) is 6.92 Å². The predicted octanol–water partition coefficient (Wildman–Crippen LogP) is 2.27. The van der Waals surface area contributed by atoms with Crippen LogP contribution < -0.4 is 0 Å². The Bertz CT molecular complexity index is 835. The largest absolute Gasteiger partial charge is 0.317 e. The molecule has 0 bridgehead atoms. The Hall–Kier alpha value is -3.03. The Labute approximate surface area is 126 Å². The van der Waals surface area contributed by atoms with Crippen molar-refractivity contribution in [1.29, 1.82) is 0 Å². The van der Waals surface area contributed by atoms with Gasteiger partial charge in [-0.25, -0.2) is 0 Å². The summed E-state index contributed by atoms with van der Waals surface area (Å²) in [4.78, 5) is 10.6. The van der Waals surface area contributed by atoms with Gasteiger partial charge in [0, 0.05) is 37.5 Å². The van der Waals surface area contributed by atoms with Crippen LogP contribution in [0.15, 0.2) is 36.8 Å². The molecule has 22 heavy (non-hydrogen) atoms. The molecule has 0 fully saturated rings.